The summed E-state index contributed by atoms with van der Waals surface area (Å²) in [7, 11) is 0. The van der Waals surface area contributed by atoms with Gasteiger partial charge in [-0.25, -0.2) is 9.97 Å². The van der Waals surface area contributed by atoms with Crippen LogP contribution in [0.4, 0.5) is 11.6 Å². The molecule has 1 fully saturated rings. The van der Waals surface area contributed by atoms with Gasteiger partial charge in [-0.1, -0.05) is 13.8 Å². The number of rotatable bonds is 2. The van der Waals surface area contributed by atoms with Crippen LogP contribution in [0.15, 0.2) is 6.33 Å². The molecule has 1 aromatic rings. The van der Waals surface area contributed by atoms with Crippen LogP contribution in [0.2, 0.25) is 0 Å². The van der Waals surface area contributed by atoms with Crippen molar-refractivity contribution in [2.24, 2.45) is 11.8 Å². The predicted molar refractivity (Wildman–Crippen MR) is 70.8 cm³/mol. The molecular weight excluding hydrogens is 212 g/mol. The zero-order valence-electron chi connectivity index (χ0n) is 10.9. The van der Waals surface area contributed by atoms with Crippen LogP contribution in [0.1, 0.15) is 38.7 Å². The standard InChI is InChI=1S/C13H22N4/c1-8-4-5-11(6-9(8)2)17-13-10(3)12(14)15-7-16-13/h7-9,11H,4-6H2,1-3H3,(H3,14,15,16,17). The summed E-state index contributed by atoms with van der Waals surface area (Å²) in [6.07, 6.45) is 5.25. The van der Waals surface area contributed by atoms with Gasteiger partial charge in [0.2, 0.25) is 0 Å². The highest BCUT2D eigenvalue weighted by Gasteiger charge is 2.24. The summed E-state index contributed by atoms with van der Waals surface area (Å²) in [5.41, 5.74) is 6.74. The second-order valence-electron chi connectivity index (χ2n) is 5.34. The van der Waals surface area contributed by atoms with Crippen LogP contribution in [0, 0.1) is 18.8 Å². The molecular formula is C13H22N4. The van der Waals surface area contributed by atoms with Crippen molar-refractivity contribution in [3.8, 4) is 0 Å². The van der Waals surface area contributed by atoms with E-state index in [0.29, 0.717) is 11.9 Å². The number of nitrogens with one attached hydrogen (secondary N) is 1. The second kappa shape index (κ2) is 4.90. The Kier molecular flexibility index (Phi) is 3.50. The van der Waals surface area contributed by atoms with Gasteiger partial charge in [0.1, 0.15) is 18.0 Å². The normalized spacial score (nSPS) is 29.0. The van der Waals surface area contributed by atoms with Gasteiger partial charge in [0.25, 0.3) is 0 Å². The molecule has 3 unspecified atom stereocenters. The summed E-state index contributed by atoms with van der Waals surface area (Å²) in [5.74, 6) is 3.08. The molecule has 2 rings (SSSR count). The molecule has 17 heavy (non-hydrogen) atoms. The summed E-state index contributed by atoms with van der Waals surface area (Å²) >= 11 is 0. The number of nitrogens with zero attached hydrogens (tertiary/aromatic N) is 2. The molecule has 4 heteroatoms. The Morgan fingerprint density at radius 3 is 2.71 bits per heavy atom. The number of hydrogen-bond acceptors (Lipinski definition) is 4. The Morgan fingerprint density at radius 2 is 2.00 bits per heavy atom. The molecule has 1 aliphatic carbocycles. The number of nitrogen functional groups attached to an aromatic ring is 1. The summed E-state index contributed by atoms with van der Waals surface area (Å²) in [6.45, 7) is 6.64. The smallest absolute Gasteiger partial charge is 0.134 e. The van der Waals surface area contributed by atoms with E-state index in [1.54, 1.807) is 0 Å². The van der Waals surface area contributed by atoms with Crippen LogP contribution in [-0.2, 0) is 0 Å². The molecule has 0 spiro atoms. The highest BCUT2D eigenvalue weighted by Crippen LogP contribution is 2.31. The van der Waals surface area contributed by atoms with Crippen molar-refractivity contribution in [2.45, 2.75) is 46.1 Å². The molecule has 4 nitrogen and oxygen atoms in total. The Labute approximate surface area is 103 Å². The SMILES string of the molecule is Cc1c(N)ncnc1NC1CCC(C)C(C)C1. The fraction of sp³-hybridized carbons (Fsp3) is 0.692. The molecule has 0 saturated heterocycles. The molecule has 0 aliphatic heterocycles. The van der Waals surface area contributed by atoms with Gasteiger partial charge in [0.15, 0.2) is 0 Å². The Balaban J connectivity index is 2.04. The first-order valence-electron chi connectivity index (χ1n) is 6.41. The van der Waals surface area contributed by atoms with E-state index in [1.165, 1.54) is 25.6 Å². The van der Waals surface area contributed by atoms with Crippen molar-refractivity contribution in [3.05, 3.63) is 11.9 Å². The van der Waals surface area contributed by atoms with E-state index in [2.05, 4.69) is 29.1 Å². The Hall–Kier alpha value is -1.32. The number of nitrogens with two attached hydrogens (primary N) is 1. The average molecular weight is 234 g/mol. The van der Waals surface area contributed by atoms with E-state index in [0.717, 1.165) is 23.2 Å². The van der Waals surface area contributed by atoms with E-state index >= 15 is 0 Å². The zero-order chi connectivity index (χ0) is 12.4. The first-order chi connectivity index (χ1) is 8.08. The van der Waals surface area contributed by atoms with Gasteiger partial charge in [-0.3, -0.25) is 0 Å². The highest BCUT2D eigenvalue weighted by atomic mass is 15.1. The fourth-order valence-electron chi connectivity index (χ4n) is 2.48. The highest BCUT2D eigenvalue weighted by molar-refractivity contribution is 5.54. The molecule has 94 valence electrons. The van der Waals surface area contributed by atoms with Crippen molar-refractivity contribution in [2.75, 3.05) is 11.1 Å². The molecule has 3 atom stereocenters. The summed E-state index contributed by atoms with van der Waals surface area (Å²) < 4.78 is 0. The van der Waals surface area contributed by atoms with Crippen LogP contribution in [-0.4, -0.2) is 16.0 Å². The van der Waals surface area contributed by atoms with Crippen LogP contribution >= 0.6 is 0 Å². The lowest BCUT2D eigenvalue weighted by molar-refractivity contribution is 0.260. The molecule has 0 amide bonds. The van der Waals surface area contributed by atoms with Crippen molar-refractivity contribution in [3.63, 3.8) is 0 Å². The minimum Gasteiger partial charge on any atom is -0.383 e. The molecule has 0 radical (unpaired) electrons. The van der Waals surface area contributed by atoms with Gasteiger partial charge >= 0.3 is 0 Å². The van der Waals surface area contributed by atoms with Gasteiger partial charge in [-0.2, -0.15) is 0 Å². The van der Waals surface area contributed by atoms with Crippen LogP contribution < -0.4 is 11.1 Å². The van der Waals surface area contributed by atoms with Gasteiger partial charge in [-0.05, 0) is 38.0 Å². The third-order valence-corrected chi connectivity index (χ3v) is 4.06. The number of anilines is 2. The monoisotopic (exact) mass is 234 g/mol. The van der Waals surface area contributed by atoms with E-state index in [9.17, 15) is 0 Å². The minimum absolute atomic E-state index is 0.522. The van der Waals surface area contributed by atoms with Crippen LogP contribution in [0.5, 0.6) is 0 Å². The lowest BCUT2D eigenvalue weighted by atomic mass is 9.79. The fourth-order valence-corrected chi connectivity index (χ4v) is 2.48. The van der Waals surface area contributed by atoms with E-state index in [4.69, 9.17) is 5.73 Å². The largest absolute Gasteiger partial charge is 0.383 e. The molecule has 1 heterocycles. The first kappa shape index (κ1) is 12.1. The zero-order valence-corrected chi connectivity index (χ0v) is 10.9. The van der Waals surface area contributed by atoms with Crippen molar-refractivity contribution < 1.29 is 0 Å². The third-order valence-electron chi connectivity index (χ3n) is 4.06. The molecule has 1 saturated carbocycles. The summed E-state index contributed by atoms with van der Waals surface area (Å²) in [5, 5.41) is 3.51. The predicted octanol–water partition coefficient (Wildman–Crippen LogP) is 2.60. The molecule has 1 aromatic heterocycles. The van der Waals surface area contributed by atoms with E-state index in [1.807, 2.05) is 6.92 Å². The Morgan fingerprint density at radius 1 is 1.24 bits per heavy atom. The van der Waals surface area contributed by atoms with E-state index in [-0.39, 0.29) is 0 Å². The first-order valence-corrected chi connectivity index (χ1v) is 6.41. The van der Waals surface area contributed by atoms with Crippen LogP contribution in [0.3, 0.4) is 0 Å². The number of hydrogen-bond donors (Lipinski definition) is 2. The average Bonchev–Trinajstić information content (AvgIpc) is 2.30. The second-order valence-corrected chi connectivity index (χ2v) is 5.34. The Bertz CT molecular complexity index is 391. The molecule has 0 aromatic carbocycles. The topological polar surface area (TPSA) is 63.8 Å². The summed E-state index contributed by atoms with van der Waals surface area (Å²) in [6, 6.07) is 0.522. The summed E-state index contributed by atoms with van der Waals surface area (Å²) in [4.78, 5) is 8.26. The van der Waals surface area contributed by atoms with Crippen molar-refractivity contribution >= 4 is 11.6 Å². The lowest BCUT2D eigenvalue weighted by Gasteiger charge is -2.33. The maximum atomic E-state index is 5.78. The maximum Gasteiger partial charge on any atom is 0.134 e. The van der Waals surface area contributed by atoms with Gasteiger partial charge < -0.3 is 11.1 Å². The molecule has 1 aliphatic rings. The third kappa shape index (κ3) is 2.68. The van der Waals surface area contributed by atoms with E-state index < -0.39 is 0 Å². The minimum atomic E-state index is 0.522. The van der Waals surface area contributed by atoms with Gasteiger partial charge in [-0.15, -0.1) is 0 Å². The van der Waals surface area contributed by atoms with Crippen molar-refractivity contribution in [1.82, 2.24) is 9.97 Å². The van der Waals surface area contributed by atoms with Crippen molar-refractivity contribution in [1.29, 1.82) is 0 Å². The van der Waals surface area contributed by atoms with Gasteiger partial charge in [0, 0.05) is 11.6 Å². The van der Waals surface area contributed by atoms with Crippen LogP contribution in [0.25, 0.3) is 0 Å². The maximum absolute atomic E-state index is 5.78. The lowest BCUT2D eigenvalue weighted by Crippen LogP contribution is -2.31. The molecule has 0 bridgehead atoms. The van der Waals surface area contributed by atoms with Gasteiger partial charge in [0.05, 0.1) is 0 Å². The quantitative estimate of drug-likeness (QED) is 0.825. The number of aromatic nitrogens is 2. The molecule has 3 N–H and O–H groups in total.